The zero-order valence-electron chi connectivity index (χ0n) is 13.4. The smallest absolute Gasteiger partial charge is 0.133 e. The van der Waals surface area contributed by atoms with Gasteiger partial charge in [0.2, 0.25) is 0 Å². The first kappa shape index (κ1) is 17.2. The van der Waals surface area contributed by atoms with Crippen molar-refractivity contribution in [1.29, 1.82) is 0 Å². The van der Waals surface area contributed by atoms with Crippen molar-refractivity contribution >= 4 is 17.6 Å². The van der Waals surface area contributed by atoms with E-state index in [1.807, 2.05) is 11.8 Å². The van der Waals surface area contributed by atoms with Gasteiger partial charge in [0, 0.05) is 24.4 Å². The fourth-order valence-corrected chi connectivity index (χ4v) is 3.29. The van der Waals surface area contributed by atoms with Gasteiger partial charge in [-0.2, -0.15) is 0 Å². The SMILES string of the molecule is CCNc1ncnc(SCCN(CC)CC)c1C(C)C. The highest BCUT2D eigenvalue weighted by molar-refractivity contribution is 7.99. The fourth-order valence-electron chi connectivity index (χ4n) is 2.13. The van der Waals surface area contributed by atoms with Gasteiger partial charge in [-0.1, -0.05) is 27.7 Å². The summed E-state index contributed by atoms with van der Waals surface area (Å²) in [4.78, 5) is 11.3. The second-order valence-corrected chi connectivity index (χ2v) is 6.09. The zero-order valence-corrected chi connectivity index (χ0v) is 14.3. The first-order valence-corrected chi connectivity index (χ1v) is 8.56. The maximum absolute atomic E-state index is 4.48. The van der Waals surface area contributed by atoms with Crippen molar-refractivity contribution in [1.82, 2.24) is 14.9 Å². The second kappa shape index (κ2) is 9.19. The van der Waals surface area contributed by atoms with Crippen molar-refractivity contribution < 1.29 is 0 Å². The summed E-state index contributed by atoms with van der Waals surface area (Å²) in [5.41, 5.74) is 1.25. The van der Waals surface area contributed by atoms with Crippen LogP contribution in [0.4, 0.5) is 5.82 Å². The summed E-state index contributed by atoms with van der Waals surface area (Å²) < 4.78 is 0. The summed E-state index contributed by atoms with van der Waals surface area (Å²) in [7, 11) is 0. The van der Waals surface area contributed by atoms with Gasteiger partial charge in [0.25, 0.3) is 0 Å². The van der Waals surface area contributed by atoms with E-state index in [0.29, 0.717) is 5.92 Å². The Morgan fingerprint density at radius 3 is 2.45 bits per heavy atom. The lowest BCUT2D eigenvalue weighted by Gasteiger charge is -2.19. The molecule has 0 aliphatic heterocycles. The van der Waals surface area contributed by atoms with Crippen LogP contribution in [-0.2, 0) is 0 Å². The van der Waals surface area contributed by atoms with Crippen LogP contribution in [0.2, 0.25) is 0 Å². The van der Waals surface area contributed by atoms with Crippen molar-refractivity contribution in [2.75, 3.05) is 37.2 Å². The van der Waals surface area contributed by atoms with Gasteiger partial charge in [-0.25, -0.2) is 9.97 Å². The molecule has 0 saturated heterocycles. The zero-order chi connectivity index (χ0) is 15.0. The molecule has 0 saturated carbocycles. The molecule has 0 aliphatic carbocycles. The van der Waals surface area contributed by atoms with Crippen LogP contribution in [0.15, 0.2) is 11.4 Å². The average Bonchev–Trinajstić information content (AvgIpc) is 2.44. The lowest BCUT2D eigenvalue weighted by Crippen LogP contribution is -2.25. The minimum atomic E-state index is 0.432. The van der Waals surface area contributed by atoms with Gasteiger partial charge < -0.3 is 10.2 Å². The van der Waals surface area contributed by atoms with E-state index >= 15 is 0 Å². The van der Waals surface area contributed by atoms with Gasteiger partial charge in [0.1, 0.15) is 17.2 Å². The largest absolute Gasteiger partial charge is 0.370 e. The van der Waals surface area contributed by atoms with Gasteiger partial charge >= 0.3 is 0 Å². The third-order valence-corrected chi connectivity index (χ3v) is 4.30. The van der Waals surface area contributed by atoms with Crippen molar-refractivity contribution in [3.63, 3.8) is 0 Å². The number of hydrogen-bond donors (Lipinski definition) is 1. The normalized spacial score (nSPS) is 11.3. The Morgan fingerprint density at radius 1 is 1.20 bits per heavy atom. The molecule has 0 aromatic carbocycles. The van der Waals surface area contributed by atoms with Gasteiger partial charge in [-0.15, -0.1) is 11.8 Å². The first-order chi connectivity index (χ1) is 9.63. The van der Waals surface area contributed by atoms with Gasteiger partial charge in [-0.3, -0.25) is 0 Å². The number of nitrogens with zero attached hydrogens (tertiary/aromatic N) is 3. The number of rotatable bonds is 9. The molecule has 20 heavy (non-hydrogen) atoms. The van der Waals surface area contributed by atoms with Crippen LogP contribution in [0.5, 0.6) is 0 Å². The molecule has 0 aliphatic rings. The standard InChI is InChI=1S/C15H28N4S/c1-6-16-14-13(12(4)5)15(18-11-17-14)20-10-9-19(7-2)8-3/h11-12H,6-10H2,1-5H3,(H,16,17,18). The van der Waals surface area contributed by atoms with Crippen LogP contribution in [0.25, 0.3) is 0 Å². The molecule has 0 unspecified atom stereocenters. The molecule has 0 radical (unpaired) electrons. The summed E-state index contributed by atoms with van der Waals surface area (Å²) in [6.07, 6.45) is 1.67. The molecule has 0 bridgehead atoms. The number of hydrogen-bond acceptors (Lipinski definition) is 5. The lowest BCUT2D eigenvalue weighted by molar-refractivity contribution is 0.324. The Bertz CT molecular complexity index is 391. The number of thioether (sulfide) groups is 1. The molecule has 4 nitrogen and oxygen atoms in total. The minimum absolute atomic E-state index is 0.432. The number of nitrogens with one attached hydrogen (secondary N) is 1. The fraction of sp³-hybridized carbons (Fsp3) is 0.733. The molecule has 0 fully saturated rings. The Hall–Kier alpha value is -0.810. The summed E-state index contributed by atoms with van der Waals surface area (Å²) in [6, 6.07) is 0. The molecule has 1 N–H and O–H groups in total. The van der Waals surface area contributed by atoms with E-state index in [9.17, 15) is 0 Å². The highest BCUT2D eigenvalue weighted by Crippen LogP contribution is 2.31. The number of anilines is 1. The molecule has 0 atom stereocenters. The predicted molar refractivity (Wildman–Crippen MR) is 88.8 cm³/mol. The summed E-state index contributed by atoms with van der Waals surface area (Å²) in [5.74, 6) is 2.49. The van der Waals surface area contributed by atoms with E-state index in [2.05, 4.69) is 54.8 Å². The summed E-state index contributed by atoms with van der Waals surface area (Å²) >= 11 is 1.84. The number of aromatic nitrogens is 2. The molecular formula is C15H28N4S. The van der Waals surface area contributed by atoms with Crippen LogP contribution >= 0.6 is 11.8 Å². The van der Waals surface area contributed by atoms with Gasteiger partial charge in [-0.05, 0) is 25.9 Å². The van der Waals surface area contributed by atoms with Crippen LogP contribution in [0.3, 0.4) is 0 Å². The van der Waals surface area contributed by atoms with E-state index in [4.69, 9.17) is 0 Å². The Morgan fingerprint density at radius 2 is 1.90 bits per heavy atom. The minimum Gasteiger partial charge on any atom is -0.370 e. The maximum atomic E-state index is 4.48. The van der Waals surface area contributed by atoms with E-state index < -0.39 is 0 Å². The van der Waals surface area contributed by atoms with Gasteiger partial charge in [0.05, 0.1) is 0 Å². The van der Waals surface area contributed by atoms with Crippen molar-refractivity contribution in [2.24, 2.45) is 0 Å². The molecule has 1 rings (SSSR count). The average molecular weight is 296 g/mol. The molecule has 114 valence electrons. The second-order valence-electron chi connectivity index (χ2n) is 5.00. The highest BCUT2D eigenvalue weighted by Gasteiger charge is 2.15. The molecule has 0 spiro atoms. The summed E-state index contributed by atoms with van der Waals surface area (Å²) in [6.45, 7) is 15.1. The van der Waals surface area contributed by atoms with Crippen LogP contribution in [-0.4, -0.2) is 46.8 Å². The topological polar surface area (TPSA) is 41.1 Å². The first-order valence-electron chi connectivity index (χ1n) is 7.57. The Kier molecular flexibility index (Phi) is 7.92. The van der Waals surface area contributed by atoms with Crippen LogP contribution < -0.4 is 5.32 Å². The highest BCUT2D eigenvalue weighted by atomic mass is 32.2. The van der Waals surface area contributed by atoms with Crippen molar-refractivity contribution in [2.45, 2.75) is 45.6 Å². The van der Waals surface area contributed by atoms with E-state index in [1.54, 1.807) is 6.33 Å². The van der Waals surface area contributed by atoms with Gasteiger partial charge in [0.15, 0.2) is 0 Å². The van der Waals surface area contributed by atoms with Crippen LogP contribution in [0.1, 0.15) is 46.1 Å². The van der Waals surface area contributed by atoms with E-state index in [1.165, 1.54) is 5.56 Å². The molecule has 1 aromatic rings. The monoisotopic (exact) mass is 296 g/mol. The maximum Gasteiger partial charge on any atom is 0.133 e. The predicted octanol–water partition coefficient (Wildman–Crippen LogP) is 3.47. The molecule has 5 heteroatoms. The van der Waals surface area contributed by atoms with Crippen molar-refractivity contribution in [3.8, 4) is 0 Å². The summed E-state index contributed by atoms with van der Waals surface area (Å²) in [5, 5.41) is 4.47. The van der Waals surface area contributed by atoms with Crippen molar-refractivity contribution in [3.05, 3.63) is 11.9 Å². The molecule has 1 heterocycles. The Labute approximate surface area is 127 Å². The molecule has 1 aromatic heterocycles. The third-order valence-electron chi connectivity index (χ3n) is 3.31. The van der Waals surface area contributed by atoms with Crippen LogP contribution in [0, 0.1) is 0 Å². The van der Waals surface area contributed by atoms with E-state index in [0.717, 1.165) is 42.8 Å². The quantitative estimate of drug-likeness (QED) is 0.558. The lowest BCUT2D eigenvalue weighted by atomic mass is 10.1. The molecule has 0 amide bonds. The Balaban J connectivity index is 2.76. The van der Waals surface area contributed by atoms with E-state index in [-0.39, 0.29) is 0 Å². The molecular weight excluding hydrogens is 268 g/mol. The third kappa shape index (κ3) is 4.94.